The molecule has 3 nitrogen and oxygen atoms in total. The molecule has 1 amide bonds. The number of rotatable bonds is 2. The van der Waals surface area contributed by atoms with E-state index in [-0.39, 0.29) is 18.1 Å². The van der Waals surface area contributed by atoms with Crippen LogP contribution in [0.15, 0.2) is 24.3 Å². The van der Waals surface area contributed by atoms with E-state index in [0.29, 0.717) is 24.7 Å². The third kappa shape index (κ3) is 3.03. The molecule has 1 heterocycles. The lowest BCUT2D eigenvalue weighted by molar-refractivity contribution is -0.131. The summed E-state index contributed by atoms with van der Waals surface area (Å²) in [6.45, 7) is 4.26. The number of amides is 1. The van der Waals surface area contributed by atoms with Gasteiger partial charge in [-0.2, -0.15) is 0 Å². The van der Waals surface area contributed by atoms with Crippen LogP contribution in [0, 0.1) is 5.82 Å². The average Bonchev–Trinajstić information content (AvgIpc) is 2.32. The summed E-state index contributed by atoms with van der Waals surface area (Å²) < 4.78 is 13.4. The number of hydrogen-bond acceptors (Lipinski definition) is 2. The first-order chi connectivity index (χ1) is 8.16. The standard InChI is InChI=1S/C13H17FN2O/c1-10-9-16(7-6-15-10)13(17)8-11-4-2-3-5-12(11)14/h2-5,10,15H,6-9H2,1H3/t10-/m1/s1. The maximum absolute atomic E-state index is 13.4. The van der Waals surface area contributed by atoms with Gasteiger partial charge in [0.25, 0.3) is 0 Å². The van der Waals surface area contributed by atoms with Gasteiger partial charge >= 0.3 is 0 Å². The minimum atomic E-state index is -0.302. The van der Waals surface area contributed by atoms with Gasteiger partial charge in [0.05, 0.1) is 6.42 Å². The van der Waals surface area contributed by atoms with Crippen molar-refractivity contribution < 1.29 is 9.18 Å². The zero-order chi connectivity index (χ0) is 12.3. The van der Waals surface area contributed by atoms with Crippen molar-refractivity contribution in [1.29, 1.82) is 0 Å². The quantitative estimate of drug-likeness (QED) is 0.836. The minimum Gasteiger partial charge on any atom is -0.340 e. The Labute approximate surface area is 101 Å². The molecule has 1 aromatic carbocycles. The molecule has 0 bridgehead atoms. The average molecular weight is 236 g/mol. The smallest absolute Gasteiger partial charge is 0.227 e. The van der Waals surface area contributed by atoms with Gasteiger partial charge in [0, 0.05) is 25.7 Å². The Morgan fingerprint density at radius 2 is 2.29 bits per heavy atom. The van der Waals surface area contributed by atoms with Gasteiger partial charge in [-0.05, 0) is 18.6 Å². The summed E-state index contributed by atoms with van der Waals surface area (Å²) in [6.07, 6.45) is 0.152. The van der Waals surface area contributed by atoms with E-state index in [1.165, 1.54) is 6.07 Å². The fourth-order valence-corrected chi connectivity index (χ4v) is 2.08. The second-order valence-electron chi connectivity index (χ2n) is 4.46. The summed E-state index contributed by atoms with van der Waals surface area (Å²) in [5.74, 6) is -0.299. The molecule has 0 spiro atoms. The van der Waals surface area contributed by atoms with Gasteiger partial charge in [0.2, 0.25) is 5.91 Å². The Balaban J connectivity index is 1.99. The molecule has 1 aromatic rings. The molecule has 0 saturated carbocycles. The van der Waals surface area contributed by atoms with E-state index in [0.717, 1.165) is 6.54 Å². The molecule has 4 heteroatoms. The number of nitrogens with zero attached hydrogens (tertiary/aromatic N) is 1. The molecule has 1 fully saturated rings. The molecule has 0 unspecified atom stereocenters. The van der Waals surface area contributed by atoms with Crippen LogP contribution in [0.25, 0.3) is 0 Å². The summed E-state index contributed by atoms with van der Waals surface area (Å²) in [5, 5.41) is 3.27. The molecule has 92 valence electrons. The number of carbonyl (C=O) groups excluding carboxylic acids is 1. The van der Waals surface area contributed by atoms with Crippen molar-refractivity contribution in [3.05, 3.63) is 35.6 Å². The summed E-state index contributed by atoms with van der Waals surface area (Å²) in [5.41, 5.74) is 0.476. The Bertz CT molecular complexity index is 408. The molecule has 17 heavy (non-hydrogen) atoms. The van der Waals surface area contributed by atoms with Crippen LogP contribution in [-0.2, 0) is 11.2 Å². The molecule has 1 atom stereocenters. The fraction of sp³-hybridized carbons (Fsp3) is 0.462. The van der Waals surface area contributed by atoms with Crippen molar-refractivity contribution in [2.45, 2.75) is 19.4 Å². The van der Waals surface area contributed by atoms with Crippen LogP contribution in [0.2, 0.25) is 0 Å². The number of piperazine rings is 1. The Morgan fingerprint density at radius 1 is 1.53 bits per heavy atom. The minimum absolute atomic E-state index is 0.00319. The molecule has 1 aliphatic rings. The van der Waals surface area contributed by atoms with E-state index in [2.05, 4.69) is 5.32 Å². The fourth-order valence-electron chi connectivity index (χ4n) is 2.08. The second-order valence-corrected chi connectivity index (χ2v) is 4.46. The maximum Gasteiger partial charge on any atom is 0.227 e. The topological polar surface area (TPSA) is 32.3 Å². The number of nitrogens with one attached hydrogen (secondary N) is 1. The Kier molecular flexibility index (Phi) is 3.74. The molecule has 1 saturated heterocycles. The summed E-state index contributed by atoms with van der Waals surface area (Å²) in [6, 6.07) is 6.76. The van der Waals surface area contributed by atoms with Crippen LogP contribution >= 0.6 is 0 Å². The molecule has 1 N–H and O–H groups in total. The number of benzene rings is 1. The van der Waals surface area contributed by atoms with Crippen LogP contribution in [0.4, 0.5) is 4.39 Å². The third-order valence-electron chi connectivity index (χ3n) is 3.02. The van der Waals surface area contributed by atoms with Crippen LogP contribution in [-0.4, -0.2) is 36.5 Å². The largest absolute Gasteiger partial charge is 0.340 e. The number of hydrogen-bond donors (Lipinski definition) is 1. The third-order valence-corrected chi connectivity index (χ3v) is 3.02. The monoisotopic (exact) mass is 236 g/mol. The number of halogens is 1. The summed E-state index contributed by atoms with van der Waals surface area (Å²) >= 11 is 0. The molecule has 0 aliphatic carbocycles. The SMILES string of the molecule is C[C@@H]1CN(C(=O)Cc2ccccc2F)CCN1. The molecule has 0 aromatic heterocycles. The predicted molar refractivity (Wildman–Crippen MR) is 64.1 cm³/mol. The van der Waals surface area contributed by atoms with E-state index >= 15 is 0 Å². The molecular formula is C13H17FN2O. The molecule has 1 aliphatic heterocycles. The van der Waals surface area contributed by atoms with Crippen molar-refractivity contribution in [2.75, 3.05) is 19.6 Å². The van der Waals surface area contributed by atoms with Gasteiger partial charge < -0.3 is 10.2 Å². The summed E-state index contributed by atoms with van der Waals surface area (Å²) in [4.78, 5) is 13.8. The highest BCUT2D eigenvalue weighted by Crippen LogP contribution is 2.09. The van der Waals surface area contributed by atoms with Crippen LogP contribution < -0.4 is 5.32 Å². The van der Waals surface area contributed by atoms with Crippen molar-refractivity contribution in [3.63, 3.8) is 0 Å². The normalized spacial score (nSPS) is 20.4. The van der Waals surface area contributed by atoms with Crippen molar-refractivity contribution in [2.24, 2.45) is 0 Å². The van der Waals surface area contributed by atoms with Gasteiger partial charge in [-0.3, -0.25) is 4.79 Å². The zero-order valence-corrected chi connectivity index (χ0v) is 9.95. The second kappa shape index (κ2) is 5.27. The van der Waals surface area contributed by atoms with E-state index < -0.39 is 0 Å². The predicted octanol–water partition coefficient (Wildman–Crippen LogP) is 1.19. The van der Waals surface area contributed by atoms with E-state index in [9.17, 15) is 9.18 Å². The van der Waals surface area contributed by atoms with Crippen LogP contribution in [0.3, 0.4) is 0 Å². The maximum atomic E-state index is 13.4. The molecular weight excluding hydrogens is 219 g/mol. The van der Waals surface area contributed by atoms with Crippen molar-refractivity contribution in [3.8, 4) is 0 Å². The lowest BCUT2D eigenvalue weighted by atomic mass is 10.1. The number of carbonyl (C=O) groups is 1. The molecule has 2 rings (SSSR count). The van der Waals surface area contributed by atoms with Gasteiger partial charge in [0.15, 0.2) is 0 Å². The first kappa shape index (κ1) is 12.0. The van der Waals surface area contributed by atoms with Crippen molar-refractivity contribution >= 4 is 5.91 Å². The molecule has 0 radical (unpaired) electrons. The lowest BCUT2D eigenvalue weighted by Gasteiger charge is -2.32. The summed E-state index contributed by atoms with van der Waals surface area (Å²) in [7, 11) is 0. The first-order valence-corrected chi connectivity index (χ1v) is 5.91. The van der Waals surface area contributed by atoms with Crippen molar-refractivity contribution in [1.82, 2.24) is 10.2 Å². The Hall–Kier alpha value is -1.42. The zero-order valence-electron chi connectivity index (χ0n) is 9.95. The van der Waals surface area contributed by atoms with Gasteiger partial charge in [-0.1, -0.05) is 18.2 Å². The highest BCUT2D eigenvalue weighted by atomic mass is 19.1. The Morgan fingerprint density at radius 3 is 3.00 bits per heavy atom. The first-order valence-electron chi connectivity index (χ1n) is 5.91. The van der Waals surface area contributed by atoms with Crippen LogP contribution in [0.1, 0.15) is 12.5 Å². The van der Waals surface area contributed by atoms with Gasteiger partial charge in [0.1, 0.15) is 5.82 Å². The highest BCUT2D eigenvalue weighted by molar-refractivity contribution is 5.79. The van der Waals surface area contributed by atoms with E-state index in [1.54, 1.807) is 23.1 Å². The van der Waals surface area contributed by atoms with E-state index in [1.807, 2.05) is 6.92 Å². The lowest BCUT2D eigenvalue weighted by Crippen LogP contribution is -2.51. The van der Waals surface area contributed by atoms with Gasteiger partial charge in [-0.25, -0.2) is 4.39 Å². The van der Waals surface area contributed by atoms with Gasteiger partial charge in [-0.15, -0.1) is 0 Å². The van der Waals surface area contributed by atoms with E-state index in [4.69, 9.17) is 0 Å². The van der Waals surface area contributed by atoms with Crippen LogP contribution in [0.5, 0.6) is 0 Å². The highest BCUT2D eigenvalue weighted by Gasteiger charge is 2.21.